The quantitative estimate of drug-likeness (QED) is 0.766. The van der Waals surface area contributed by atoms with Crippen molar-refractivity contribution < 1.29 is 4.74 Å². The average Bonchev–Trinajstić information content (AvgIpc) is 2.73. The molecule has 0 saturated heterocycles. The SMILES string of the molecule is CCCNCc1cnc(C(OCC)C(C)(C)C)s1. The predicted octanol–water partition coefficient (Wildman–Crippen LogP) is 3.77. The van der Waals surface area contributed by atoms with Crippen molar-refractivity contribution in [1.29, 1.82) is 0 Å². The molecule has 1 aromatic rings. The molecule has 0 fully saturated rings. The van der Waals surface area contributed by atoms with Crippen LogP contribution < -0.4 is 5.32 Å². The van der Waals surface area contributed by atoms with E-state index in [2.05, 4.69) is 38.0 Å². The lowest BCUT2D eigenvalue weighted by atomic mass is 9.89. The van der Waals surface area contributed by atoms with E-state index in [-0.39, 0.29) is 11.5 Å². The van der Waals surface area contributed by atoms with Crippen molar-refractivity contribution >= 4 is 11.3 Å². The van der Waals surface area contributed by atoms with Crippen LogP contribution in [0.25, 0.3) is 0 Å². The molecule has 0 aromatic carbocycles. The third-order valence-electron chi connectivity index (χ3n) is 2.64. The second-order valence-electron chi connectivity index (χ2n) is 5.54. The molecule has 1 heterocycles. The van der Waals surface area contributed by atoms with Gasteiger partial charge in [-0.05, 0) is 25.3 Å². The number of aromatic nitrogens is 1. The predicted molar refractivity (Wildman–Crippen MR) is 77.9 cm³/mol. The van der Waals surface area contributed by atoms with E-state index in [1.54, 1.807) is 11.3 Å². The number of nitrogens with one attached hydrogen (secondary N) is 1. The second-order valence-corrected chi connectivity index (χ2v) is 6.69. The molecule has 1 N–H and O–H groups in total. The highest BCUT2D eigenvalue weighted by atomic mass is 32.1. The number of ether oxygens (including phenoxy) is 1. The molecule has 0 aliphatic carbocycles. The number of nitrogens with zero attached hydrogens (tertiary/aromatic N) is 1. The fourth-order valence-electron chi connectivity index (χ4n) is 1.77. The van der Waals surface area contributed by atoms with Crippen molar-refractivity contribution in [2.45, 2.75) is 53.7 Å². The average molecular weight is 270 g/mol. The summed E-state index contributed by atoms with van der Waals surface area (Å²) in [5, 5.41) is 4.50. The van der Waals surface area contributed by atoms with Gasteiger partial charge in [0.15, 0.2) is 0 Å². The van der Waals surface area contributed by atoms with Gasteiger partial charge in [0.2, 0.25) is 0 Å². The van der Waals surface area contributed by atoms with E-state index in [0.29, 0.717) is 0 Å². The van der Waals surface area contributed by atoms with Crippen molar-refractivity contribution in [2.75, 3.05) is 13.2 Å². The van der Waals surface area contributed by atoms with Crippen molar-refractivity contribution in [3.63, 3.8) is 0 Å². The van der Waals surface area contributed by atoms with Crippen molar-refractivity contribution in [3.8, 4) is 0 Å². The Balaban J connectivity index is 2.69. The van der Waals surface area contributed by atoms with Crippen molar-refractivity contribution in [2.24, 2.45) is 5.41 Å². The summed E-state index contributed by atoms with van der Waals surface area (Å²) in [5.74, 6) is 0. The molecule has 4 heteroatoms. The van der Waals surface area contributed by atoms with Gasteiger partial charge in [-0.25, -0.2) is 4.98 Å². The number of hydrogen-bond donors (Lipinski definition) is 1. The van der Waals surface area contributed by atoms with E-state index in [1.807, 2.05) is 13.1 Å². The first-order valence-electron chi connectivity index (χ1n) is 6.76. The van der Waals surface area contributed by atoms with Crippen LogP contribution in [0.5, 0.6) is 0 Å². The van der Waals surface area contributed by atoms with Gasteiger partial charge < -0.3 is 10.1 Å². The Morgan fingerprint density at radius 2 is 2.11 bits per heavy atom. The van der Waals surface area contributed by atoms with Gasteiger partial charge in [0, 0.05) is 24.2 Å². The molecular formula is C14H26N2OS. The van der Waals surface area contributed by atoms with Crippen LogP contribution in [0.15, 0.2) is 6.20 Å². The Hall–Kier alpha value is -0.450. The van der Waals surface area contributed by atoms with Gasteiger partial charge in [-0.1, -0.05) is 27.7 Å². The van der Waals surface area contributed by atoms with Crippen LogP contribution in [0.3, 0.4) is 0 Å². The van der Waals surface area contributed by atoms with E-state index in [0.717, 1.165) is 31.1 Å². The summed E-state index contributed by atoms with van der Waals surface area (Å²) in [5.41, 5.74) is 0.0853. The fraction of sp³-hybridized carbons (Fsp3) is 0.786. The molecule has 1 unspecified atom stereocenters. The fourth-order valence-corrected chi connectivity index (χ4v) is 2.95. The first-order valence-corrected chi connectivity index (χ1v) is 7.57. The van der Waals surface area contributed by atoms with Gasteiger partial charge in [0.1, 0.15) is 11.1 Å². The molecule has 1 atom stereocenters. The topological polar surface area (TPSA) is 34.2 Å². The zero-order valence-corrected chi connectivity index (χ0v) is 13.1. The molecule has 0 aliphatic heterocycles. The Labute approximate surface area is 115 Å². The minimum absolute atomic E-state index is 0.0853. The zero-order chi connectivity index (χ0) is 13.6. The van der Waals surface area contributed by atoms with Crippen molar-refractivity contribution in [1.82, 2.24) is 10.3 Å². The number of hydrogen-bond acceptors (Lipinski definition) is 4. The van der Waals surface area contributed by atoms with Gasteiger partial charge in [-0.2, -0.15) is 0 Å². The lowest BCUT2D eigenvalue weighted by Gasteiger charge is -2.28. The van der Waals surface area contributed by atoms with Crippen LogP contribution >= 0.6 is 11.3 Å². The summed E-state index contributed by atoms with van der Waals surface area (Å²) < 4.78 is 5.86. The maximum atomic E-state index is 5.86. The molecule has 0 aliphatic rings. The molecule has 0 saturated carbocycles. The lowest BCUT2D eigenvalue weighted by molar-refractivity contribution is -0.0133. The highest BCUT2D eigenvalue weighted by Gasteiger charge is 2.29. The van der Waals surface area contributed by atoms with Gasteiger partial charge in [-0.3, -0.25) is 0 Å². The van der Waals surface area contributed by atoms with E-state index in [9.17, 15) is 0 Å². The largest absolute Gasteiger partial charge is 0.371 e. The molecule has 0 radical (unpaired) electrons. The number of rotatable bonds is 7. The van der Waals surface area contributed by atoms with E-state index in [4.69, 9.17) is 4.74 Å². The first kappa shape index (κ1) is 15.6. The van der Waals surface area contributed by atoms with Crippen LogP contribution in [0.1, 0.15) is 57.0 Å². The summed E-state index contributed by atoms with van der Waals surface area (Å²) in [6, 6.07) is 0. The third kappa shape index (κ3) is 4.67. The van der Waals surface area contributed by atoms with Gasteiger partial charge in [0.05, 0.1) is 0 Å². The van der Waals surface area contributed by atoms with Gasteiger partial charge in [-0.15, -0.1) is 11.3 Å². The summed E-state index contributed by atoms with van der Waals surface area (Å²) in [7, 11) is 0. The smallest absolute Gasteiger partial charge is 0.122 e. The molecule has 3 nitrogen and oxygen atoms in total. The second kappa shape index (κ2) is 7.22. The summed E-state index contributed by atoms with van der Waals surface area (Å²) >= 11 is 1.76. The molecule has 104 valence electrons. The summed E-state index contributed by atoms with van der Waals surface area (Å²) in [6.45, 7) is 13.5. The lowest BCUT2D eigenvalue weighted by Crippen LogP contribution is -2.21. The Morgan fingerprint density at radius 3 is 2.67 bits per heavy atom. The van der Waals surface area contributed by atoms with Crippen LogP contribution in [0.4, 0.5) is 0 Å². The van der Waals surface area contributed by atoms with E-state index < -0.39 is 0 Å². The Kier molecular flexibility index (Phi) is 6.26. The highest BCUT2D eigenvalue weighted by Crippen LogP contribution is 2.37. The van der Waals surface area contributed by atoms with E-state index in [1.165, 1.54) is 4.88 Å². The maximum Gasteiger partial charge on any atom is 0.122 e. The normalized spacial score (nSPS) is 13.8. The minimum Gasteiger partial charge on any atom is -0.371 e. The third-order valence-corrected chi connectivity index (χ3v) is 3.68. The van der Waals surface area contributed by atoms with E-state index >= 15 is 0 Å². The van der Waals surface area contributed by atoms with Crippen LogP contribution in [0.2, 0.25) is 0 Å². The monoisotopic (exact) mass is 270 g/mol. The zero-order valence-electron chi connectivity index (χ0n) is 12.2. The summed E-state index contributed by atoms with van der Waals surface area (Å²) in [4.78, 5) is 5.82. The molecule has 18 heavy (non-hydrogen) atoms. The molecule has 0 bridgehead atoms. The minimum atomic E-state index is 0.0853. The molecule has 0 amide bonds. The Morgan fingerprint density at radius 1 is 1.39 bits per heavy atom. The molecular weight excluding hydrogens is 244 g/mol. The van der Waals surface area contributed by atoms with Crippen LogP contribution in [-0.2, 0) is 11.3 Å². The van der Waals surface area contributed by atoms with Crippen LogP contribution in [-0.4, -0.2) is 18.1 Å². The van der Waals surface area contributed by atoms with Gasteiger partial charge >= 0.3 is 0 Å². The Bertz CT molecular complexity index is 344. The van der Waals surface area contributed by atoms with Crippen molar-refractivity contribution in [3.05, 3.63) is 16.1 Å². The highest BCUT2D eigenvalue weighted by molar-refractivity contribution is 7.11. The maximum absolute atomic E-state index is 5.86. The molecule has 1 rings (SSSR count). The van der Waals surface area contributed by atoms with Gasteiger partial charge in [0.25, 0.3) is 0 Å². The summed E-state index contributed by atoms with van der Waals surface area (Å²) in [6.07, 6.45) is 3.22. The van der Waals surface area contributed by atoms with Crippen LogP contribution in [0, 0.1) is 5.41 Å². The first-order chi connectivity index (χ1) is 8.49. The molecule has 1 aromatic heterocycles. The number of thiazole rings is 1. The standard InChI is InChI=1S/C14H26N2OS/c1-6-8-15-9-11-10-16-13(18-11)12(17-7-2)14(3,4)5/h10,12,15H,6-9H2,1-5H3. The molecule has 0 spiro atoms.